The van der Waals surface area contributed by atoms with E-state index in [-0.39, 0.29) is 6.10 Å². The first-order valence-corrected chi connectivity index (χ1v) is 5.87. The van der Waals surface area contributed by atoms with E-state index in [9.17, 15) is 5.11 Å². The summed E-state index contributed by atoms with van der Waals surface area (Å²) in [6, 6.07) is 0. The zero-order valence-corrected chi connectivity index (χ0v) is 9.29. The Morgan fingerprint density at radius 3 is 2.23 bits per heavy atom. The maximum Gasteiger partial charge on any atom is 0.0575 e. The van der Waals surface area contributed by atoms with E-state index in [1.807, 2.05) is 0 Å². The molecule has 0 bridgehead atoms. The number of aliphatic hydroxyl groups is 1. The van der Waals surface area contributed by atoms with Gasteiger partial charge in [0.05, 0.1) is 6.10 Å². The van der Waals surface area contributed by atoms with E-state index in [0.717, 1.165) is 18.3 Å². The molecule has 1 saturated carbocycles. The lowest BCUT2D eigenvalue weighted by Gasteiger charge is -2.16. The predicted octanol–water partition coefficient (Wildman–Crippen LogP) is 3.22. The van der Waals surface area contributed by atoms with Crippen LogP contribution in [0.15, 0.2) is 0 Å². The van der Waals surface area contributed by atoms with Crippen LogP contribution >= 0.6 is 0 Å². The van der Waals surface area contributed by atoms with E-state index >= 15 is 0 Å². The monoisotopic (exact) mass is 184 g/mol. The number of hydrogen-bond donors (Lipinski definition) is 1. The Balaban J connectivity index is 2.17. The first kappa shape index (κ1) is 11.0. The summed E-state index contributed by atoms with van der Waals surface area (Å²) in [5.74, 6) is 2.31. The average Bonchev–Trinajstić information content (AvgIpc) is 2.83. The van der Waals surface area contributed by atoms with Gasteiger partial charge in [-0.15, -0.1) is 0 Å². The second-order valence-corrected chi connectivity index (χ2v) is 4.73. The second kappa shape index (κ2) is 4.99. The zero-order valence-electron chi connectivity index (χ0n) is 9.29. The number of aliphatic hydroxyl groups excluding tert-OH is 1. The molecule has 1 heteroatoms. The van der Waals surface area contributed by atoms with E-state index in [0.29, 0.717) is 5.92 Å². The van der Waals surface area contributed by atoms with Gasteiger partial charge in [0.15, 0.2) is 0 Å². The summed E-state index contributed by atoms with van der Waals surface area (Å²) in [6.45, 7) is 6.85. The minimum atomic E-state index is 0.0434. The lowest BCUT2D eigenvalue weighted by molar-refractivity contribution is 0.227. The van der Waals surface area contributed by atoms with Gasteiger partial charge in [-0.2, -0.15) is 0 Å². The highest BCUT2D eigenvalue weighted by molar-refractivity contribution is 4.90. The molecule has 0 spiro atoms. The van der Waals surface area contributed by atoms with Gasteiger partial charge >= 0.3 is 0 Å². The molecule has 0 saturated heterocycles. The van der Waals surface area contributed by atoms with Crippen LogP contribution < -0.4 is 0 Å². The molecule has 0 aromatic carbocycles. The summed E-state index contributed by atoms with van der Waals surface area (Å²) < 4.78 is 0. The molecule has 0 aromatic rings. The predicted molar refractivity (Wildman–Crippen MR) is 56.6 cm³/mol. The van der Waals surface area contributed by atoms with Crippen molar-refractivity contribution in [3.63, 3.8) is 0 Å². The Morgan fingerprint density at radius 1 is 1.23 bits per heavy atom. The van der Waals surface area contributed by atoms with E-state index in [4.69, 9.17) is 0 Å². The van der Waals surface area contributed by atoms with Crippen LogP contribution in [-0.2, 0) is 0 Å². The largest absolute Gasteiger partial charge is 0.393 e. The molecule has 4 unspecified atom stereocenters. The van der Waals surface area contributed by atoms with Crippen molar-refractivity contribution in [3.8, 4) is 0 Å². The van der Waals surface area contributed by atoms with Gasteiger partial charge in [0.25, 0.3) is 0 Å². The maximum absolute atomic E-state index is 9.35. The molecule has 0 amide bonds. The smallest absolute Gasteiger partial charge is 0.0575 e. The second-order valence-electron chi connectivity index (χ2n) is 4.73. The fraction of sp³-hybridized carbons (Fsp3) is 1.00. The third kappa shape index (κ3) is 3.30. The van der Waals surface area contributed by atoms with Crippen molar-refractivity contribution >= 4 is 0 Å². The van der Waals surface area contributed by atoms with Gasteiger partial charge in [0.2, 0.25) is 0 Å². The van der Waals surface area contributed by atoms with Crippen molar-refractivity contribution in [1.29, 1.82) is 0 Å². The first-order valence-electron chi connectivity index (χ1n) is 5.87. The van der Waals surface area contributed by atoms with Gasteiger partial charge in [0.1, 0.15) is 0 Å². The molecule has 0 aliphatic heterocycles. The van der Waals surface area contributed by atoms with Crippen molar-refractivity contribution in [2.75, 3.05) is 0 Å². The molecule has 0 heterocycles. The summed E-state index contributed by atoms with van der Waals surface area (Å²) in [5, 5.41) is 9.35. The number of hydrogen-bond acceptors (Lipinski definition) is 1. The fourth-order valence-corrected chi connectivity index (χ4v) is 2.13. The van der Waals surface area contributed by atoms with Crippen LogP contribution in [0.4, 0.5) is 0 Å². The number of rotatable bonds is 6. The molecule has 1 fully saturated rings. The van der Waals surface area contributed by atoms with Gasteiger partial charge in [-0.25, -0.2) is 0 Å². The summed E-state index contributed by atoms with van der Waals surface area (Å²) in [7, 11) is 0. The van der Waals surface area contributed by atoms with Gasteiger partial charge in [-0.1, -0.05) is 40.0 Å². The van der Waals surface area contributed by atoms with Gasteiger partial charge < -0.3 is 5.11 Å². The van der Waals surface area contributed by atoms with Crippen molar-refractivity contribution in [3.05, 3.63) is 0 Å². The van der Waals surface area contributed by atoms with E-state index in [2.05, 4.69) is 20.8 Å². The van der Waals surface area contributed by atoms with E-state index in [1.54, 1.807) is 0 Å². The minimum absolute atomic E-state index is 0.0434. The molecular weight excluding hydrogens is 160 g/mol. The molecule has 13 heavy (non-hydrogen) atoms. The average molecular weight is 184 g/mol. The summed E-state index contributed by atoms with van der Waals surface area (Å²) in [4.78, 5) is 0. The van der Waals surface area contributed by atoms with Crippen LogP contribution in [0.5, 0.6) is 0 Å². The standard InChI is InChI=1S/C12H24O/c1-4-9(3)6-7-10(5-2)11-8-12(11)13/h9-13H,4-8H2,1-3H3. The highest BCUT2D eigenvalue weighted by Gasteiger charge is 2.40. The molecule has 1 nitrogen and oxygen atoms in total. The van der Waals surface area contributed by atoms with Crippen LogP contribution in [-0.4, -0.2) is 11.2 Å². The van der Waals surface area contributed by atoms with Crippen LogP contribution in [0, 0.1) is 17.8 Å². The van der Waals surface area contributed by atoms with Crippen LogP contribution in [0.3, 0.4) is 0 Å². The van der Waals surface area contributed by atoms with Crippen molar-refractivity contribution < 1.29 is 5.11 Å². The molecule has 1 rings (SSSR count). The van der Waals surface area contributed by atoms with Gasteiger partial charge in [-0.3, -0.25) is 0 Å². The lowest BCUT2D eigenvalue weighted by atomic mass is 9.90. The van der Waals surface area contributed by atoms with Crippen molar-refractivity contribution in [2.45, 2.75) is 59.0 Å². The molecule has 1 N–H and O–H groups in total. The quantitative estimate of drug-likeness (QED) is 0.672. The van der Waals surface area contributed by atoms with Crippen molar-refractivity contribution in [1.82, 2.24) is 0 Å². The SMILES string of the molecule is CCC(C)CCC(CC)C1CC1O. The lowest BCUT2D eigenvalue weighted by Crippen LogP contribution is -2.07. The highest BCUT2D eigenvalue weighted by atomic mass is 16.3. The van der Waals surface area contributed by atoms with Gasteiger partial charge in [0, 0.05) is 0 Å². The molecule has 0 aromatic heterocycles. The third-order valence-corrected chi connectivity index (χ3v) is 3.66. The Kier molecular flexibility index (Phi) is 4.24. The molecular formula is C12H24O. The molecule has 4 atom stereocenters. The zero-order chi connectivity index (χ0) is 9.84. The topological polar surface area (TPSA) is 20.2 Å². The Morgan fingerprint density at radius 2 is 1.85 bits per heavy atom. The van der Waals surface area contributed by atoms with Gasteiger partial charge in [-0.05, 0) is 30.6 Å². The Bertz CT molecular complexity index is 144. The molecule has 78 valence electrons. The molecule has 0 radical (unpaired) electrons. The van der Waals surface area contributed by atoms with Crippen LogP contribution in [0.2, 0.25) is 0 Å². The maximum atomic E-state index is 9.35. The summed E-state index contributed by atoms with van der Waals surface area (Å²) >= 11 is 0. The van der Waals surface area contributed by atoms with E-state index in [1.165, 1.54) is 25.7 Å². The Hall–Kier alpha value is -0.0400. The molecule has 1 aliphatic rings. The fourth-order valence-electron chi connectivity index (χ4n) is 2.13. The first-order chi connectivity index (χ1) is 6.19. The van der Waals surface area contributed by atoms with Crippen LogP contribution in [0.1, 0.15) is 52.9 Å². The summed E-state index contributed by atoms with van der Waals surface area (Å²) in [6.07, 6.45) is 6.33. The summed E-state index contributed by atoms with van der Waals surface area (Å²) in [5.41, 5.74) is 0. The Labute approximate surface area is 82.5 Å². The minimum Gasteiger partial charge on any atom is -0.393 e. The normalized spacial score (nSPS) is 31.4. The molecule has 1 aliphatic carbocycles. The van der Waals surface area contributed by atoms with E-state index < -0.39 is 0 Å². The van der Waals surface area contributed by atoms with Crippen LogP contribution in [0.25, 0.3) is 0 Å². The highest BCUT2D eigenvalue weighted by Crippen LogP contribution is 2.41. The van der Waals surface area contributed by atoms with Crippen molar-refractivity contribution in [2.24, 2.45) is 17.8 Å². The third-order valence-electron chi connectivity index (χ3n) is 3.66.